The van der Waals surface area contributed by atoms with Gasteiger partial charge in [-0.1, -0.05) is 18.2 Å². The third kappa shape index (κ3) is 5.20. The first-order valence-electron chi connectivity index (χ1n) is 6.84. The van der Waals surface area contributed by atoms with Crippen LogP contribution in [0, 0.1) is 9.39 Å². The zero-order chi connectivity index (χ0) is 16.8. The Morgan fingerprint density at radius 1 is 1.13 bits per heavy atom. The molecule has 2 aromatic carbocycles. The van der Waals surface area contributed by atoms with Crippen molar-refractivity contribution < 1.29 is 14.0 Å². The highest BCUT2D eigenvalue weighted by molar-refractivity contribution is 14.1. The van der Waals surface area contributed by atoms with E-state index in [9.17, 15) is 14.0 Å². The van der Waals surface area contributed by atoms with E-state index >= 15 is 0 Å². The average Bonchev–Trinajstić information content (AvgIpc) is 2.49. The van der Waals surface area contributed by atoms with Crippen molar-refractivity contribution in [2.75, 3.05) is 10.6 Å². The minimum atomic E-state index is -0.781. The monoisotopic (exact) mass is 427 g/mol. The smallest absolute Gasteiger partial charge is 0.326 e. The second-order valence-electron chi connectivity index (χ2n) is 4.80. The fraction of sp³-hybridized carbons (Fsp3) is 0.125. The van der Waals surface area contributed by atoms with Crippen LogP contribution in [0.15, 0.2) is 48.5 Å². The number of rotatable bonds is 4. The van der Waals surface area contributed by atoms with Crippen molar-refractivity contribution in [3.05, 3.63) is 57.9 Å². The van der Waals surface area contributed by atoms with E-state index < -0.39 is 23.8 Å². The van der Waals surface area contributed by atoms with Crippen molar-refractivity contribution in [1.29, 1.82) is 0 Å². The molecule has 0 aromatic heterocycles. The average molecular weight is 427 g/mol. The highest BCUT2D eigenvalue weighted by Crippen LogP contribution is 2.14. The van der Waals surface area contributed by atoms with Crippen LogP contribution in [-0.4, -0.2) is 18.0 Å². The number of anilines is 2. The van der Waals surface area contributed by atoms with E-state index in [1.54, 1.807) is 13.0 Å². The number of carbonyl (C=O) groups is 2. The molecule has 0 saturated heterocycles. The predicted molar refractivity (Wildman–Crippen MR) is 95.8 cm³/mol. The molecule has 0 aliphatic heterocycles. The number of carbonyl (C=O) groups excluding carboxylic acids is 2. The Hall–Kier alpha value is -2.16. The summed E-state index contributed by atoms with van der Waals surface area (Å²) in [6.45, 7) is 1.63. The summed E-state index contributed by atoms with van der Waals surface area (Å²) in [7, 11) is 0. The van der Waals surface area contributed by atoms with Crippen LogP contribution in [0.3, 0.4) is 0 Å². The Bertz CT molecular complexity index is 724. The first kappa shape index (κ1) is 17.2. The van der Waals surface area contributed by atoms with Crippen LogP contribution in [0.1, 0.15) is 6.92 Å². The summed E-state index contributed by atoms with van der Waals surface area (Å²) in [5.74, 6) is -1.09. The number of benzene rings is 2. The molecule has 7 heteroatoms. The van der Waals surface area contributed by atoms with Gasteiger partial charge in [-0.15, -0.1) is 0 Å². The molecule has 0 fully saturated rings. The zero-order valence-electron chi connectivity index (χ0n) is 12.3. The Balaban J connectivity index is 1.90. The zero-order valence-corrected chi connectivity index (χ0v) is 14.4. The highest BCUT2D eigenvalue weighted by atomic mass is 127. The summed E-state index contributed by atoms with van der Waals surface area (Å²) in [6, 6.07) is 11.8. The van der Waals surface area contributed by atoms with Gasteiger partial charge in [0.05, 0.1) is 5.69 Å². The van der Waals surface area contributed by atoms with Gasteiger partial charge < -0.3 is 10.6 Å². The van der Waals surface area contributed by atoms with E-state index in [2.05, 4.69) is 38.5 Å². The van der Waals surface area contributed by atoms with Crippen LogP contribution in [0.5, 0.6) is 0 Å². The lowest BCUT2D eigenvalue weighted by molar-refractivity contribution is -0.120. The van der Waals surface area contributed by atoms with Gasteiger partial charge in [0.2, 0.25) is 5.91 Å². The number of hydrogen-bond acceptors (Lipinski definition) is 3. The fourth-order valence-corrected chi connectivity index (χ4v) is 2.37. The van der Waals surface area contributed by atoms with E-state index in [-0.39, 0.29) is 5.69 Å². The van der Waals surface area contributed by atoms with Gasteiger partial charge in [0, 0.05) is 9.26 Å². The molecule has 5 nitrogen and oxygen atoms in total. The van der Waals surface area contributed by atoms with Gasteiger partial charge in [-0.3, -0.25) is 10.1 Å². The number of hydrogen-bond donors (Lipinski definition) is 3. The molecule has 0 heterocycles. The maximum atomic E-state index is 13.4. The Morgan fingerprint density at radius 3 is 2.57 bits per heavy atom. The molecule has 2 aromatic rings. The number of halogens is 2. The summed E-state index contributed by atoms with van der Waals surface area (Å²) < 4.78 is 14.5. The normalized spacial score (nSPS) is 11.4. The number of urea groups is 1. The summed E-state index contributed by atoms with van der Waals surface area (Å²) >= 11 is 2.16. The summed E-state index contributed by atoms with van der Waals surface area (Å²) in [6.07, 6.45) is 0. The summed E-state index contributed by atoms with van der Waals surface area (Å²) in [5.41, 5.74) is 0.782. The van der Waals surface area contributed by atoms with Crippen LogP contribution in [0.4, 0.5) is 20.6 Å². The number of imide groups is 1. The molecule has 2 rings (SSSR count). The summed E-state index contributed by atoms with van der Waals surface area (Å²) in [5, 5.41) is 7.46. The molecule has 0 bridgehead atoms. The Kier molecular flexibility index (Phi) is 5.91. The van der Waals surface area contributed by atoms with Gasteiger partial charge in [0.25, 0.3) is 0 Å². The molecular weight excluding hydrogens is 412 g/mol. The molecular formula is C16H15FIN3O2. The van der Waals surface area contributed by atoms with Gasteiger partial charge in [0.15, 0.2) is 0 Å². The lowest BCUT2D eigenvalue weighted by Crippen LogP contribution is -2.43. The van der Waals surface area contributed by atoms with E-state index in [4.69, 9.17) is 0 Å². The number of para-hydroxylation sites is 1. The third-order valence-corrected chi connectivity index (χ3v) is 3.63. The van der Waals surface area contributed by atoms with Crippen LogP contribution in [0.2, 0.25) is 0 Å². The Labute approximate surface area is 146 Å². The van der Waals surface area contributed by atoms with Gasteiger partial charge >= 0.3 is 6.03 Å². The molecule has 1 atom stereocenters. The van der Waals surface area contributed by atoms with E-state index in [1.165, 1.54) is 18.2 Å². The lowest BCUT2D eigenvalue weighted by atomic mass is 10.2. The second kappa shape index (κ2) is 7.91. The fourth-order valence-electron chi connectivity index (χ4n) is 1.83. The number of nitrogens with one attached hydrogen (secondary N) is 3. The molecule has 0 aliphatic carbocycles. The molecule has 0 spiro atoms. The SMILES string of the molecule is CC(Nc1cccc(I)c1)C(=O)NC(=O)Nc1ccccc1F. The summed E-state index contributed by atoms with van der Waals surface area (Å²) in [4.78, 5) is 23.7. The van der Waals surface area contributed by atoms with Crippen LogP contribution >= 0.6 is 22.6 Å². The molecule has 23 heavy (non-hydrogen) atoms. The first-order valence-corrected chi connectivity index (χ1v) is 7.92. The molecule has 0 aliphatic rings. The first-order chi connectivity index (χ1) is 11.0. The molecule has 0 radical (unpaired) electrons. The van der Waals surface area contributed by atoms with E-state index in [0.29, 0.717) is 0 Å². The predicted octanol–water partition coefficient (Wildman–Crippen LogP) is 3.58. The molecule has 3 N–H and O–H groups in total. The van der Waals surface area contributed by atoms with Crippen molar-refractivity contribution in [3.63, 3.8) is 0 Å². The van der Waals surface area contributed by atoms with Gasteiger partial charge in [0.1, 0.15) is 11.9 Å². The van der Waals surface area contributed by atoms with Crippen LogP contribution < -0.4 is 16.0 Å². The molecule has 120 valence electrons. The van der Waals surface area contributed by atoms with Crippen molar-refractivity contribution in [2.24, 2.45) is 0 Å². The third-order valence-electron chi connectivity index (χ3n) is 2.96. The minimum Gasteiger partial charge on any atom is -0.374 e. The van der Waals surface area contributed by atoms with Crippen molar-refractivity contribution in [2.45, 2.75) is 13.0 Å². The highest BCUT2D eigenvalue weighted by Gasteiger charge is 2.16. The topological polar surface area (TPSA) is 70.2 Å². The standard InChI is InChI=1S/C16H15FIN3O2/c1-10(19-12-6-4-5-11(18)9-12)15(22)21-16(23)20-14-8-3-2-7-13(14)17/h2-10,19H,1H3,(H2,20,21,22,23). The van der Waals surface area contributed by atoms with Crippen LogP contribution in [0.25, 0.3) is 0 Å². The van der Waals surface area contributed by atoms with Crippen molar-refractivity contribution >= 4 is 45.9 Å². The minimum absolute atomic E-state index is 0.0102. The second-order valence-corrected chi connectivity index (χ2v) is 6.05. The molecule has 1 unspecified atom stereocenters. The van der Waals surface area contributed by atoms with Gasteiger partial charge in [-0.05, 0) is 59.8 Å². The quantitative estimate of drug-likeness (QED) is 0.654. The van der Waals surface area contributed by atoms with Crippen LogP contribution in [-0.2, 0) is 4.79 Å². The lowest BCUT2D eigenvalue weighted by Gasteiger charge is -2.15. The maximum absolute atomic E-state index is 13.4. The molecule has 0 saturated carbocycles. The van der Waals surface area contributed by atoms with E-state index in [1.807, 2.05) is 24.3 Å². The van der Waals surface area contributed by atoms with Gasteiger partial charge in [-0.25, -0.2) is 9.18 Å². The van der Waals surface area contributed by atoms with Crippen molar-refractivity contribution in [1.82, 2.24) is 5.32 Å². The maximum Gasteiger partial charge on any atom is 0.326 e. The number of amides is 3. The van der Waals surface area contributed by atoms with Crippen molar-refractivity contribution in [3.8, 4) is 0 Å². The van der Waals surface area contributed by atoms with Gasteiger partial charge in [-0.2, -0.15) is 0 Å². The largest absolute Gasteiger partial charge is 0.374 e. The van der Waals surface area contributed by atoms with E-state index in [0.717, 1.165) is 9.26 Å². The molecule has 3 amide bonds. The Morgan fingerprint density at radius 2 is 1.87 bits per heavy atom.